The molecule has 0 bridgehead atoms. The van der Waals surface area contributed by atoms with Gasteiger partial charge in [0.05, 0.1) is 10.2 Å². The molecular formula is C12H19BrN4O. The molecule has 1 atom stereocenters. The number of aliphatic imine (C=N–C) groups is 2. The lowest BCUT2D eigenvalue weighted by molar-refractivity contribution is 0.251. The molecule has 1 saturated carbocycles. The summed E-state index contributed by atoms with van der Waals surface area (Å²) in [5.74, 6) is 0.698. The van der Waals surface area contributed by atoms with Gasteiger partial charge >= 0.3 is 0 Å². The van der Waals surface area contributed by atoms with Gasteiger partial charge in [0.1, 0.15) is 6.10 Å². The first-order valence-corrected chi connectivity index (χ1v) is 6.56. The molecule has 0 aromatic heterocycles. The number of aliphatic hydroxyl groups is 1. The quantitative estimate of drug-likeness (QED) is 0.636. The lowest BCUT2D eigenvalue weighted by atomic mass is 10.1. The molecule has 0 heterocycles. The Labute approximate surface area is 116 Å². The molecule has 1 fully saturated rings. The summed E-state index contributed by atoms with van der Waals surface area (Å²) in [6.07, 6.45) is 5.92. The normalized spacial score (nSPS) is 20.5. The second-order valence-electron chi connectivity index (χ2n) is 4.20. The monoisotopic (exact) mass is 314 g/mol. The Morgan fingerprint density at radius 2 is 2.17 bits per heavy atom. The van der Waals surface area contributed by atoms with Crippen molar-refractivity contribution in [1.29, 1.82) is 0 Å². The minimum absolute atomic E-state index is 0.259. The van der Waals surface area contributed by atoms with Gasteiger partial charge in [-0.05, 0) is 34.7 Å². The number of nitrogens with zero attached hydrogens (tertiary/aromatic N) is 2. The Balaban J connectivity index is 2.68. The summed E-state index contributed by atoms with van der Waals surface area (Å²) in [6.45, 7) is 0.783. The van der Waals surface area contributed by atoms with Crippen LogP contribution in [0.4, 0.5) is 0 Å². The number of aliphatic hydroxyl groups excluding tert-OH is 1. The summed E-state index contributed by atoms with van der Waals surface area (Å²) in [5.41, 5.74) is 12.0. The fourth-order valence-electron chi connectivity index (χ4n) is 1.31. The van der Waals surface area contributed by atoms with Gasteiger partial charge < -0.3 is 16.6 Å². The zero-order valence-electron chi connectivity index (χ0n) is 10.4. The van der Waals surface area contributed by atoms with E-state index in [2.05, 4.69) is 25.9 Å². The molecule has 0 aliphatic heterocycles. The van der Waals surface area contributed by atoms with Crippen molar-refractivity contribution < 1.29 is 5.11 Å². The minimum Gasteiger partial charge on any atom is -0.404 e. The highest BCUT2D eigenvalue weighted by Gasteiger charge is 2.20. The van der Waals surface area contributed by atoms with Gasteiger partial charge in [-0.2, -0.15) is 0 Å². The average Bonchev–Trinajstić information content (AvgIpc) is 3.17. The fraction of sp³-hybridized carbons (Fsp3) is 0.500. The van der Waals surface area contributed by atoms with E-state index in [4.69, 9.17) is 11.5 Å². The van der Waals surface area contributed by atoms with Crippen LogP contribution in [0.1, 0.15) is 12.8 Å². The number of nitrogens with two attached hydrogens (primary N) is 2. The summed E-state index contributed by atoms with van der Waals surface area (Å²) >= 11 is 3.24. The highest BCUT2D eigenvalue weighted by molar-refractivity contribution is 9.12. The third-order valence-corrected chi connectivity index (χ3v) is 3.28. The predicted molar refractivity (Wildman–Crippen MR) is 78.9 cm³/mol. The second kappa shape index (κ2) is 7.33. The third-order valence-electron chi connectivity index (χ3n) is 2.62. The number of hydrogen-bond acceptors (Lipinski definition) is 5. The molecule has 0 aromatic carbocycles. The van der Waals surface area contributed by atoms with Crippen LogP contribution in [0.5, 0.6) is 0 Å². The molecule has 18 heavy (non-hydrogen) atoms. The highest BCUT2D eigenvalue weighted by Crippen LogP contribution is 2.28. The Morgan fingerprint density at radius 1 is 1.50 bits per heavy atom. The van der Waals surface area contributed by atoms with Crippen molar-refractivity contribution in [3.63, 3.8) is 0 Å². The Morgan fingerprint density at radius 3 is 2.67 bits per heavy atom. The van der Waals surface area contributed by atoms with Gasteiger partial charge in [0.15, 0.2) is 0 Å². The maximum absolute atomic E-state index is 10.0. The lowest BCUT2D eigenvalue weighted by Crippen LogP contribution is -2.23. The van der Waals surface area contributed by atoms with Gasteiger partial charge in [0, 0.05) is 37.8 Å². The molecule has 6 heteroatoms. The predicted octanol–water partition coefficient (Wildman–Crippen LogP) is 0.937. The van der Waals surface area contributed by atoms with E-state index in [0.717, 1.165) is 6.54 Å². The van der Waals surface area contributed by atoms with Crippen LogP contribution in [0.15, 0.2) is 31.9 Å². The highest BCUT2D eigenvalue weighted by atomic mass is 79.9. The molecule has 0 saturated heterocycles. The standard InChI is InChI=1S/C12H19BrN4O/c1-16-7-10(13)11(15)12(18)9(4-14)6-17-5-8-2-3-8/h4,6-8,12,18H,2-3,5,14-15H2,1H3. The summed E-state index contributed by atoms with van der Waals surface area (Å²) in [6, 6.07) is 0. The van der Waals surface area contributed by atoms with Crippen molar-refractivity contribution in [2.24, 2.45) is 27.4 Å². The van der Waals surface area contributed by atoms with Crippen LogP contribution in [0.25, 0.3) is 0 Å². The molecule has 1 rings (SSSR count). The average molecular weight is 315 g/mol. The van der Waals surface area contributed by atoms with E-state index in [1.54, 1.807) is 13.3 Å². The van der Waals surface area contributed by atoms with Crippen molar-refractivity contribution in [3.8, 4) is 0 Å². The topological polar surface area (TPSA) is 97.0 Å². The van der Waals surface area contributed by atoms with Crippen LogP contribution in [0.2, 0.25) is 0 Å². The maximum atomic E-state index is 10.0. The van der Waals surface area contributed by atoms with E-state index in [9.17, 15) is 5.11 Å². The van der Waals surface area contributed by atoms with Crippen LogP contribution in [-0.2, 0) is 0 Å². The summed E-state index contributed by atoms with van der Waals surface area (Å²) in [7, 11) is 1.62. The van der Waals surface area contributed by atoms with E-state index >= 15 is 0 Å². The van der Waals surface area contributed by atoms with Gasteiger partial charge in [-0.1, -0.05) is 0 Å². The zero-order valence-corrected chi connectivity index (χ0v) is 12.0. The molecule has 5 N–H and O–H groups in total. The Hall–Kier alpha value is -1.14. The van der Waals surface area contributed by atoms with Gasteiger partial charge in [0.25, 0.3) is 0 Å². The SMILES string of the molecule is CN=CC(Br)=C(N)C(O)C(C=NCC1CC1)=CN. The third kappa shape index (κ3) is 4.62. The summed E-state index contributed by atoms with van der Waals surface area (Å²) in [4.78, 5) is 8.07. The van der Waals surface area contributed by atoms with Crippen molar-refractivity contribution in [2.75, 3.05) is 13.6 Å². The first kappa shape index (κ1) is 14.9. The van der Waals surface area contributed by atoms with Gasteiger partial charge in [-0.15, -0.1) is 0 Å². The molecule has 1 aliphatic rings. The van der Waals surface area contributed by atoms with Crippen LogP contribution < -0.4 is 11.5 Å². The van der Waals surface area contributed by atoms with Crippen molar-refractivity contribution >= 4 is 28.4 Å². The van der Waals surface area contributed by atoms with E-state index < -0.39 is 6.10 Å². The smallest absolute Gasteiger partial charge is 0.122 e. The summed E-state index contributed by atoms with van der Waals surface area (Å²) < 4.78 is 0.535. The number of rotatable bonds is 6. The first-order chi connectivity index (χ1) is 8.60. The van der Waals surface area contributed by atoms with Gasteiger partial charge in [0.2, 0.25) is 0 Å². The van der Waals surface area contributed by atoms with E-state index in [1.807, 2.05) is 0 Å². The summed E-state index contributed by atoms with van der Waals surface area (Å²) in [5, 5.41) is 10.0. The molecular weight excluding hydrogens is 296 g/mol. The first-order valence-electron chi connectivity index (χ1n) is 5.77. The Bertz CT molecular complexity index is 397. The zero-order chi connectivity index (χ0) is 13.5. The molecule has 1 aliphatic carbocycles. The molecule has 0 spiro atoms. The number of halogens is 1. The number of hydrogen-bond donors (Lipinski definition) is 3. The second-order valence-corrected chi connectivity index (χ2v) is 5.05. The molecule has 0 aromatic rings. The maximum Gasteiger partial charge on any atom is 0.122 e. The van der Waals surface area contributed by atoms with Crippen LogP contribution in [-0.4, -0.2) is 37.2 Å². The molecule has 1 unspecified atom stereocenters. The Kier molecular flexibility index (Phi) is 6.07. The molecule has 0 radical (unpaired) electrons. The van der Waals surface area contributed by atoms with Gasteiger partial charge in [-0.3, -0.25) is 9.98 Å². The largest absolute Gasteiger partial charge is 0.404 e. The van der Waals surface area contributed by atoms with Crippen molar-refractivity contribution in [2.45, 2.75) is 18.9 Å². The van der Waals surface area contributed by atoms with E-state index in [0.29, 0.717) is 16.0 Å². The van der Waals surface area contributed by atoms with Crippen molar-refractivity contribution in [1.82, 2.24) is 0 Å². The fourth-order valence-corrected chi connectivity index (χ4v) is 1.73. The minimum atomic E-state index is -0.981. The van der Waals surface area contributed by atoms with Crippen LogP contribution in [0.3, 0.4) is 0 Å². The van der Waals surface area contributed by atoms with E-state index in [-0.39, 0.29) is 5.70 Å². The molecule has 5 nitrogen and oxygen atoms in total. The number of allylic oxidation sites excluding steroid dienone is 1. The van der Waals surface area contributed by atoms with Gasteiger partial charge in [-0.25, -0.2) is 0 Å². The van der Waals surface area contributed by atoms with Crippen LogP contribution in [0, 0.1) is 5.92 Å². The molecule has 0 amide bonds. The van der Waals surface area contributed by atoms with Crippen molar-refractivity contribution in [3.05, 3.63) is 22.0 Å². The van der Waals surface area contributed by atoms with Crippen LogP contribution >= 0.6 is 15.9 Å². The lowest BCUT2D eigenvalue weighted by Gasteiger charge is -2.12. The van der Waals surface area contributed by atoms with E-state index in [1.165, 1.54) is 25.3 Å². The molecule has 100 valence electrons.